The zero-order valence-electron chi connectivity index (χ0n) is 7.37. The third-order valence-corrected chi connectivity index (χ3v) is 2.89. The van der Waals surface area contributed by atoms with E-state index >= 15 is 0 Å². The monoisotopic (exact) mass is 302 g/mol. The predicted octanol–water partition coefficient (Wildman–Crippen LogP) is 2.41. The summed E-state index contributed by atoms with van der Waals surface area (Å²) in [6.07, 6.45) is 0. The van der Waals surface area contributed by atoms with Crippen molar-refractivity contribution in [2.75, 3.05) is 0 Å². The van der Waals surface area contributed by atoms with Gasteiger partial charge < -0.3 is 9.52 Å². The lowest BCUT2D eigenvalue weighted by atomic mass is 10.1. The topological polar surface area (TPSA) is 50.4 Å². The van der Waals surface area contributed by atoms with E-state index in [2.05, 4.69) is 0 Å². The van der Waals surface area contributed by atoms with Gasteiger partial charge in [-0.15, -0.1) is 0 Å². The fourth-order valence-electron chi connectivity index (χ4n) is 1.33. The summed E-state index contributed by atoms with van der Waals surface area (Å²) in [5.41, 5.74) is 0.654. The maximum absolute atomic E-state index is 11.0. The molecule has 0 aliphatic rings. The van der Waals surface area contributed by atoms with Gasteiger partial charge in [-0.2, -0.15) is 0 Å². The van der Waals surface area contributed by atoms with E-state index in [1.807, 2.05) is 22.6 Å². The van der Waals surface area contributed by atoms with Gasteiger partial charge in [0.25, 0.3) is 0 Å². The van der Waals surface area contributed by atoms with Gasteiger partial charge in [-0.3, -0.25) is 0 Å². The number of benzene rings is 1. The van der Waals surface area contributed by atoms with Crippen LogP contribution in [0.15, 0.2) is 27.4 Å². The lowest BCUT2D eigenvalue weighted by molar-refractivity contribution is 0.464. The molecule has 0 saturated carbocycles. The van der Waals surface area contributed by atoms with Crippen molar-refractivity contribution in [1.82, 2.24) is 0 Å². The highest BCUT2D eigenvalue weighted by molar-refractivity contribution is 14.1. The molecule has 2 aromatic rings. The highest BCUT2D eigenvalue weighted by Gasteiger charge is 2.09. The van der Waals surface area contributed by atoms with Crippen LogP contribution in [0.5, 0.6) is 5.75 Å². The maximum atomic E-state index is 11.0. The number of aryl methyl sites for hydroxylation is 1. The quantitative estimate of drug-likeness (QED) is 0.600. The Morgan fingerprint density at radius 2 is 2.14 bits per heavy atom. The molecule has 0 radical (unpaired) electrons. The molecule has 0 spiro atoms. The number of hydrogen-bond donors (Lipinski definition) is 1. The van der Waals surface area contributed by atoms with Crippen LogP contribution in [0.4, 0.5) is 0 Å². The Labute approximate surface area is 93.5 Å². The van der Waals surface area contributed by atoms with Crippen molar-refractivity contribution in [3.8, 4) is 5.75 Å². The number of fused-ring (bicyclic) bond motifs is 1. The molecule has 0 fully saturated rings. The average Bonchev–Trinajstić information content (AvgIpc) is 2.16. The molecule has 0 aliphatic heterocycles. The van der Waals surface area contributed by atoms with E-state index in [0.717, 1.165) is 8.96 Å². The van der Waals surface area contributed by atoms with E-state index in [1.165, 1.54) is 6.07 Å². The zero-order chi connectivity index (χ0) is 10.3. The fourth-order valence-corrected chi connectivity index (χ4v) is 2.07. The first-order valence-corrected chi connectivity index (χ1v) is 5.09. The van der Waals surface area contributed by atoms with Crippen molar-refractivity contribution in [3.63, 3.8) is 0 Å². The highest BCUT2D eigenvalue weighted by Crippen LogP contribution is 2.30. The van der Waals surface area contributed by atoms with Crippen LogP contribution in [0.2, 0.25) is 0 Å². The number of hydrogen-bond acceptors (Lipinski definition) is 3. The molecule has 72 valence electrons. The van der Waals surface area contributed by atoms with Crippen LogP contribution >= 0.6 is 22.6 Å². The van der Waals surface area contributed by atoms with Crippen LogP contribution in [0.3, 0.4) is 0 Å². The summed E-state index contributed by atoms with van der Waals surface area (Å²) in [4.78, 5) is 11.0. The normalized spacial score (nSPS) is 10.7. The molecule has 2 rings (SSSR count). The Balaban J connectivity index is 2.99. The molecule has 0 atom stereocenters. The standard InChI is InChI=1S/C10H7IO3/c1-5-9(13)7(11)4-6-2-3-8(12)14-10(5)6/h2-4,13H,1H3. The Morgan fingerprint density at radius 1 is 1.43 bits per heavy atom. The molecule has 1 aromatic heterocycles. The molecule has 4 heteroatoms. The molecule has 14 heavy (non-hydrogen) atoms. The molecule has 1 heterocycles. The van der Waals surface area contributed by atoms with Gasteiger partial charge in [0.1, 0.15) is 11.3 Å². The minimum Gasteiger partial charge on any atom is -0.506 e. The van der Waals surface area contributed by atoms with Crippen molar-refractivity contribution >= 4 is 33.6 Å². The first-order valence-electron chi connectivity index (χ1n) is 4.01. The minimum absolute atomic E-state index is 0.174. The minimum atomic E-state index is -0.402. The maximum Gasteiger partial charge on any atom is 0.336 e. The second-order valence-corrected chi connectivity index (χ2v) is 4.17. The summed E-state index contributed by atoms with van der Waals surface area (Å²) in [6, 6.07) is 4.84. The predicted molar refractivity (Wildman–Crippen MR) is 61.6 cm³/mol. The second kappa shape index (κ2) is 3.27. The van der Waals surface area contributed by atoms with Crippen molar-refractivity contribution in [1.29, 1.82) is 0 Å². The molecule has 0 unspecified atom stereocenters. The van der Waals surface area contributed by atoms with Crippen LogP contribution in [-0.2, 0) is 0 Å². The highest BCUT2D eigenvalue weighted by atomic mass is 127. The van der Waals surface area contributed by atoms with E-state index in [0.29, 0.717) is 11.1 Å². The van der Waals surface area contributed by atoms with Crippen molar-refractivity contribution < 1.29 is 9.52 Å². The van der Waals surface area contributed by atoms with Gasteiger partial charge in [-0.25, -0.2) is 4.79 Å². The molecule has 3 nitrogen and oxygen atoms in total. The molecular formula is C10H7IO3. The third kappa shape index (κ3) is 1.39. The number of aromatic hydroxyl groups is 1. The third-order valence-electron chi connectivity index (χ3n) is 2.07. The zero-order valence-corrected chi connectivity index (χ0v) is 9.53. The molecule has 0 bridgehead atoms. The van der Waals surface area contributed by atoms with E-state index < -0.39 is 5.63 Å². The number of phenolic OH excluding ortho intramolecular Hbond substituents is 1. The summed E-state index contributed by atoms with van der Waals surface area (Å²) in [5.74, 6) is 0.174. The van der Waals surface area contributed by atoms with E-state index in [1.54, 1.807) is 19.1 Å². The Morgan fingerprint density at radius 3 is 2.86 bits per heavy atom. The van der Waals surface area contributed by atoms with Gasteiger partial charge in [0.15, 0.2) is 0 Å². The fraction of sp³-hybridized carbons (Fsp3) is 0.100. The van der Waals surface area contributed by atoms with Crippen LogP contribution in [-0.4, -0.2) is 5.11 Å². The van der Waals surface area contributed by atoms with Gasteiger partial charge in [-0.05, 0) is 41.6 Å². The van der Waals surface area contributed by atoms with Gasteiger partial charge in [0.05, 0.1) is 3.57 Å². The van der Waals surface area contributed by atoms with Gasteiger partial charge >= 0.3 is 5.63 Å². The molecule has 1 aromatic carbocycles. The molecule has 0 saturated heterocycles. The van der Waals surface area contributed by atoms with E-state index in [-0.39, 0.29) is 5.75 Å². The summed E-state index contributed by atoms with van der Waals surface area (Å²) < 4.78 is 5.76. The SMILES string of the molecule is Cc1c(O)c(I)cc2ccc(=O)oc12. The Bertz CT molecular complexity index is 557. The summed E-state index contributed by atoms with van der Waals surface area (Å²) in [6.45, 7) is 1.72. The summed E-state index contributed by atoms with van der Waals surface area (Å²) in [7, 11) is 0. The number of rotatable bonds is 0. The van der Waals surface area contributed by atoms with Gasteiger partial charge in [0, 0.05) is 17.0 Å². The van der Waals surface area contributed by atoms with Gasteiger partial charge in [0.2, 0.25) is 0 Å². The lowest BCUT2D eigenvalue weighted by Gasteiger charge is -2.04. The van der Waals surface area contributed by atoms with Crippen molar-refractivity contribution in [3.05, 3.63) is 37.8 Å². The number of halogens is 1. The van der Waals surface area contributed by atoms with Crippen molar-refractivity contribution in [2.45, 2.75) is 6.92 Å². The Hall–Kier alpha value is -1.04. The van der Waals surface area contributed by atoms with E-state index in [9.17, 15) is 9.90 Å². The van der Waals surface area contributed by atoms with Crippen LogP contribution in [0, 0.1) is 10.5 Å². The molecule has 0 amide bonds. The van der Waals surface area contributed by atoms with Gasteiger partial charge in [-0.1, -0.05) is 0 Å². The smallest absolute Gasteiger partial charge is 0.336 e. The van der Waals surface area contributed by atoms with E-state index in [4.69, 9.17) is 4.42 Å². The Kier molecular flexibility index (Phi) is 2.22. The average molecular weight is 302 g/mol. The lowest BCUT2D eigenvalue weighted by Crippen LogP contribution is -1.96. The van der Waals surface area contributed by atoms with Crippen LogP contribution < -0.4 is 5.63 Å². The first kappa shape index (κ1) is 9.51. The molecule has 1 N–H and O–H groups in total. The summed E-state index contributed by atoms with van der Waals surface area (Å²) in [5, 5.41) is 10.4. The second-order valence-electron chi connectivity index (χ2n) is 3.00. The first-order chi connectivity index (χ1) is 6.59. The summed E-state index contributed by atoms with van der Waals surface area (Å²) >= 11 is 2.04. The molecular weight excluding hydrogens is 295 g/mol. The van der Waals surface area contributed by atoms with Crippen molar-refractivity contribution in [2.24, 2.45) is 0 Å². The van der Waals surface area contributed by atoms with Crippen LogP contribution in [0.25, 0.3) is 11.0 Å². The number of phenols is 1. The molecule has 0 aliphatic carbocycles. The largest absolute Gasteiger partial charge is 0.506 e. The van der Waals surface area contributed by atoms with Crippen LogP contribution in [0.1, 0.15) is 5.56 Å².